The van der Waals surface area contributed by atoms with E-state index < -0.39 is 24.2 Å². The first-order valence-electron chi connectivity index (χ1n) is 13.3. The standard InChI is InChI=1S/C28H41N5O5/c1-16(2)14-21(30-26(36)19-8-10-20(11-9-19)31(6)7)27(37)32-13-12-22-25(32)23(35)15-33(22)28(38)24(17(3)4)29-18(5)34/h8-11,16-17,21-22,24-25H,12-15H2,1-7H3,(H,29,34)(H,30,36). The second-order valence-electron chi connectivity index (χ2n) is 11.3. The molecule has 2 heterocycles. The van der Waals surface area contributed by atoms with Gasteiger partial charge in [-0.3, -0.25) is 24.0 Å². The number of benzene rings is 1. The maximum atomic E-state index is 13.7. The van der Waals surface area contributed by atoms with E-state index in [1.54, 1.807) is 12.1 Å². The van der Waals surface area contributed by atoms with Gasteiger partial charge in [-0.15, -0.1) is 0 Å². The van der Waals surface area contributed by atoms with E-state index in [4.69, 9.17) is 0 Å². The average molecular weight is 528 g/mol. The van der Waals surface area contributed by atoms with E-state index in [1.165, 1.54) is 16.7 Å². The van der Waals surface area contributed by atoms with E-state index in [1.807, 2.05) is 58.8 Å². The summed E-state index contributed by atoms with van der Waals surface area (Å²) in [6, 6.07) is 4.40. The second kappa shape index (κ2) is 12.0. The van der Waals surface area contributed by atoms with Crippen LogP contribution in [0.15, 0.2) is 24.3 Å². The normalized spacial score (nSPS) is 20.4. The summed E-state index contributed by atoms with van der Waals surface area (Å²) < 4.78 is 0. The Morgan fingerprint density at radius 3 is 2.13 bits per heavy atom. The van der Waals surface area contributed by atoms with Crippen LogP contribution in [-0.2, 0) is 19.2 Å². The fourth-order valence-corrected chi connectivity index (χ4v) is 5.31. The zero-order valence-electron chi connectivity index (χ0n) is 23.5. The summed E-state index contributed by atoms with van der Waals surface area (Å²) in [4.78, 5) is 69.9. The lowest BCUT2D eigenvalue weighted by molar-refractivity contribution is -0.138. The molecule has 4 amide bonds. The van der Waals surface area contributed by atoms with E-state index in [0.29, 0.717) is 24.9 Å². The first-order chi connectivity index (χ1) is 17.8. The molecule has 0 saturated carbocycles. The smallest absolute Gasteiger partial charge is 0.251 e. The molecular formula is C28H41N5O5. The molecule has 1 aromatic rings. The molecule has 38 heavy (non-hydrogen) atoms. The largest absolute Gasteiger partial charge is 0.378 e. The van der Waals surface area contributed by atoms with Crippen LogP contribution >= 0.6 is 0 Å². The fraction of sp³-hybridized carbons (Fsp3) is 0.607. The molecule has 4 atom stereocenters. The van der Waals surface area contributed by atoms with Gasteiger partial charge in [0.05, 0.1) is 12.6 Å². The molecule has 1 aromatic carbocycles. The summed E-state index contributed by atoms with van der Waals surface area (Å²) in [7, 11) is 3.83. The number of hydrogen-bond donors (Lipinski definition) is 2. The van der Waals surface area contributed by atoms with E-state index in [-0.39, 0.29) is 47.8 Å². The van der Waals surface area contributed by atoms with Gasteiger partial charge in [-0.2, -0.15) is 0 Å². The Balaban J connectivity index is 1.77. The molecule has 0 aliphatic carbocycles. The minimum atomic E-state index is -0.796. The number of ketones is 1. The van der Waals surface area contributed by atoms with Gasteiger partial charge in [0.2, 0.25) is 17.7 Å². The van der Waals surface area contributed by atoms with Crippen molar-refractivity contribution in [3.63, 3.8) is 0 Å². The molecule has 2 fully saturated rings. The summed E-state index contributed by atoms with van der Waals surface area (Å²) in [5.74, 6) is -1.51. The lowest BCUT2D eigenvalue weighted by atomic mass is 10.0. The average Bonchev–Trinajstić information content (AvgIpc) is 3.42. The highest BCUT2D eigenvalue weighted by Crippen LogP contribution is 2.31. The maximum absolute atomic E-state index is 13.7. The molecule has 0 aromatic heterocycles. The predicted molar refractivity (Wildman–Crippen MR) is 145 cm³/mol. The molecule has 2 N–H and O–H groups in total. The van der Waals surface area contributed by atoms with Crippen molar-refractivity contribution >= 4 is 35.1 Å². The van der Waals surface area contributed by atoms with Crippen LogP contribution < -0.4 is 15.5 Å². The number of rotatable bonds is 9. The van der Waals surface area contributed by atoms with Crippen LogP contribution in [0, 0.1) is 11.8 Å². The van der Waals surface area contributed by atoms with Gasteiger partial charge in [0, 0.05) is 38.8 Å². The van der Waals surface area contributed by atoms with Crippen molar-refractivity contribution in [2.75, 3.05) is 32.1 Å². The van der Waals surface area contributed by atoms with E-state index in [2.05, 4.69) is 10.6 Å². The number of nitrogens with zero attached hydrogens (tertiary/aromatic N) is 3. The van der Waals surface area contributed by atoms with Crippen LogP contribution in [0.4, 0.5) is 5.69 Å². The fourth-order valence-electron chi connectivity index (χ4n) is 5.31. The third-order valence-electron chi connectivity index (χ3n) is 7.24. The highest BCUT2D eigenvalue weighted by Gasteiger charge is 2.53. The van der Waals surface area contributed by atoms with E-state index in [0.717, 1.165) is 5.69 Å². The number of hydrogen-bond acceptors (Lipinski definition) is 6. The monoisotopic (exact) mass is 527 g/mol. The third kappa shape index (κ3) is 6.34. The number of likely N-dealkylation sites (tertiary alicyclic amines) is 2. The van der Waals surface area contributed by atoms with Gasteiger partial charge in [-0.05, 0) is 48.9 Å². The van der Waals surface area contributed by atoms with Crippen molar-refractivity contribution in [3.05, 3.63) is 29.8 Å². The molecule has 10 nitrogen and oxygen atoms in total. The van der Waals surface area contributed by atoms with E-state index in [9.17, 15) is 24.0 Å². The molecule has 3 rings (SSSR count). The zero-order valence-corrected chi connectivity index (χ0v) is 23.5. The van der Waals surface area contributed by atoms with Gasteiger partial charge in [0.1, 0.15) is 18.1 Å². The Kier molecular flexibility index (Phi) is 9.17. The van der Waals surface area contributed by atoms with Crippen molar-refractivity contribution < 1.29 is 24.0 Å². The molecule has 208 valence electrons. The molecule has 2 aliphatic rings. The van der Waals surface area contributed by atoms with E-state index >= 15 is 0 Å². The molecular weight excluding hydrogens is 486 g/mol. The van der Waals surface area contributed by atoms with Gasteiger partial charge in [-0.25, -0.2) is 0 Å². The van der Waals surface area contributed by atoms with Crippen LogP contribution in [0.2, 0.25) is 0 Å². The molecule has 10 heteroatoms. The van der Waals surface area contributed by atoms with Crippen LogP contribution in [0.5, 0.6) is 0 Å². The summed E-state index contributed by atoms with van der Waals surface area (Å²) in [5.41, 5.74) is 1.40. The topological polar surface area (TPSA) is 119 Å². The second-order valence-corrected chi connectivity index (χ2v) is 11.3. The predicted octanol–water partition coefficient (Wildman–Crippen LogP) is 1.44. The number of anilines is 1. The molecule has 0 spiro atoms. The third-order valence-corrected chi connectivity index (χ3v) is 7.24. The Morgan fingerprint density at radius 2 is 1.61 bits per heavy atom. The number of fused-ring (bicyclic) bond motifs is 1. The highest BCUT2D eigenvalue weighted by atomic mass is 16.2. The molecule has 0 radical (unpaired) electrons. The van der Waals surface area contributed by atoms with Crippen LogP contribution in [-0.4, -0.2) is 90.6 Å². The SMILES string of the molecule is CC(=O)NC(C(=O)N1CC(=O)C2C1CCN2C(=O)C(CC(C)C)NC(=O)c1ccc(N(C)C)cc1)C(C)C. The summed E-state index contributed by atoms with van der Waals surface area (Å²) in [5, 5.41) is 5.59. The Morgan fingerprint density at radius 1 is 0.974 bits per heavy atom. The van der Waals surface area contributed by atoms with Gasteiger partial charge < -0.3 is 25.3 Å². The number of carbonyl (C=O) groups excluding carboxylic acids is 5. The van der Waals surface area contributed by atoms with Gasteiger partial charge in [0.25, 0.3) is 5.91 Å². The van der Waals surface area contributed by atoms with Crippen molar-refractivity contribution in [3.8, 4) is 0 Å². The first-order valence-corrected chi connectivity index (χ1v) is 13.3. The van der Waals surface area contributed by atoms with Crippen molar-refractivity contribution in [1.82, 2.24) is 20.4 Å². The van der Waals surface area contributed by atoms with Gasteiger partial charge in [-0.1, -0.05) is 27.7 Å². The minimum absolute atomic E-state index is 0.0970. The Bertz CT molecular complexity index is 1070. The Hall–Kier alpha value is -3.43. The number of Topliss-reactive ketones (excluding diaryl/α,β-unsaturated/α-hetero) is 1. The lowest BCUT2D eigenvalue weighted by Crippen LogP contribution is -2.54. The lowest BCUT2D eigenvalue weighted by Gasteiger charge is -2.30. The van der Waals surface area contributed by atoms with Crippen LogP contribution in [0.25, 0.3) is 0 Å². The molecule has 0 bridgehead atoms. The summed E-state index contributed by atoms with van der Waals surface area (Å²) in [6.45, 7) is 9.20. The maximum Gasteiger partial charge on any atom is 0.251 e. The molecule has 2 aliphatic heterocycles. The Labute approximate surface area is 225 Å². The number of amides is 4. The van der Waals surface area contributed by atoms with Crippen LogP contribution in [0.1, 0.15) is 57.8 Å². The molecule has 4 unspecified atom stereocenters. The van der Waals surface area contributed by atoms with Crippen molar-refractivity contribution in [2.24, 2.45) is 11.8 Å². The van der Waals surface area contributed by atoms with Gasteiger partial charge in [0.15, 0.2) is 5.78 Å². The van der Waals surface area contributed by atoms with Gasteiger partial charge >= 0.3 is 0 Å². The minimum Gasteiger partial charge on any atom is -0.378 e. The zero-order chi connectivity index (χ0) is 28.3. The summed E-state index contributed by atoms with van der Waals surface area (Å²) >= 11 is 0. The summed E-state index contributed by atoms with van der Waals surface area (Å²) in [6.07, 6.45) is 0.885. The molecule has 2 saturated heterocycles. The first kappa shape index (κ1) is 29.1. The highest BCUT2D eigenvalue weighted by molar-refractivity contribution is 6.01. The van der Waals surface area contributed by atoms with Crippen molar-refractivity contribution in [2.45, 2.75) is 71.6 Å². The van der Waals surface area contributed by atoms with Crippen molar-refractivity contribution in [1.29, 1.82) is 0 Å². The number of nitrogens with one attached hydrogen (secondary N) is 2. The number of carbonyl (C=O) groups is 5. The quantitative estimate of drug-likeness (QED) is 0.502. The van der Waals surface area contributed by atoms with Crippen LogP contribution in [0.3, 0.4) is 0 Å².